The molecule has 0 radical (unpaired) electrons. The molecule has 4 nitrogen and oxygen atoms in total. The Kier molecular flexibility index (Phi) is 2.62. The van der Waals surface area contributed by atoms with Gasteiger partial charge in [-0.05, 0) is 17.0 Å². The normalized spacial score (nSPS) is 11.4. The van der Waals surface area contributed by atoms with Gasteiger partial charge in [-0.15, -0.1) is 0 Å². The summed E-state index contributed by atoms with van der Waals surface area (Å²) in [6.07, 6.45) is 0. The van der Waals surface area contributed by atoms with E-state index in [9.17, 15) is 15.0 Å². The number of phenols is 2. The maximum absolute atomic E-state index is 11.0. The van der Waals surface area contributed by atoms with Crippen LogP contribution in [0.25, 0.3) is 0 Å². The number of carbonyl (C=O) groups is 1. The molecule has 0 spiro atoms. The van der Waals surface area contributed by atoms with E-state index >= 15 is 0 Å². The van der Waals surface area contributed by atoms with Crippen molar-refractivity contribution in [3.05, 3.63) is 23.3 Å². The molecule has 0 saturated carbocycles. The highest BCUT2D eigenvalue weighted by Gasteiger charge is 2.25. The number of hydrogen-bond donors (Lipinski definition) is 3. The molecule has 0 fully saturated rings. The van der Waals surface area contributed by atoms with Crippen LogP contribution in [0.2, 0.25) is 0 Å². The molecular weight excluding hydrogens is 196 g/mol. The Bertz CT molecular complexity index is 402. The second kappa shape index (κ2) is 3.46. The molecule has 1 rings (SSSR count). The molecule has 0 aromatic heterocycles. The number of carboxylic acid groups (broad SMARTS) is 1. The lowest BCUT2D eigenvalue weighted by Crippen LogP contribution is -2.16. The molecule has 0 heterocycles. The molecule has 0 atom stereocenters. The standard InChI is InChI=1S/C11H14O4/c1-11(2,3)7-4-6(12)5-8(13)9(7)10(14)15/h4-5,12-13H,1-3H3,(H,14,15). The largest absolute Gasteiger partial charge is 0.508 e. The van der Waals surface area contributed by atoms with Crippen LogP contribution in [-0.4, -0.2) is 21.3 Å². The van der Waals surface area contributed by atoms with Crippen LogP contribution in [0.3, 0.4) is 0 Å². The molecule has 1 aromatic rings. The van der Waals surface area contributed by atoms with Gasteiger partial charge in [-0.3, -0.25) is 0 Å². The fourth-order valence-electron chi connectivity index (χ4n) is 1.43. The Balaban J connectivity index is 3.54. The van der Waals surface area contributed by atoms with Gasteiger partial charge in [0.15, 0.2) is 0 Å². The third kappa shape index (κ3) is 2.21. The molecule has 0 aliphatic heterocycles. The fraction of sp³-hybridized carbons (Fsp3) is 0.364. The van der Waals surface area contributed by atoms with Crippen molar-refractivity contribution in [1.82, 2.24) is 0 Å². The first-order valence-corrected chi connectivity index (χ1v) is 4.53. The Morgan fingerprint density at radius 1 is 1.20 bits per heavy atom. The number of hydrogen-bond acceptors (Lipinski definition) is 3. The van der Waals surface area contributed by atoms with Gasteiger partial charge in [-0.2, -0.15) is 0 Å². The first-order valence-electron chi connectivity index (χ1n) is 4.53. The van der Waals surface area contributed by atoms with Gasteiger partial charge in [0.05, 0.1) is 0 Å². The van der Waals surface area contributed by atoms with Crippen molar-refractivity contribution < 1.29 is 20.1 Å². The molecule has 0 amide bonds. The zero-order chi connectivity index (χ0) is 11.8. The van der Waals surface area contributed by atoms with Gasteiger partial charge in [0, 0.05) is 6.07 Å². The maximum atomic E-state index is 11.0. The summed E-state index contributed by atoms with van der Waals surface area (Å²) in [5.74, 6) is -1.74. The second-order valence-electron chi connectivity index (χ2n) is 4.44. The van der Waals surface area contributed by atoms with Crippen molar-refractivity contribution in [1.29, 1.82) is 0 Å². The van der Waals surface area contributed by atoms with E-state index in [2.05, 4.69) is 0 Å². The van der Waals surface area contributed by atoms with Crippen LogP contribution in [0.4, 0.5) is 0 Å². The predicted molar refractivity (Wildman–Crippen MR) is 55.4 cm³/mol. The minimum atomic E-state index is -1.20. The van der Waals surface area contributed by atoms with E-state index in [4.69, 9.17) is 5.11 Å². The van der Waals surface area contributed by atoms with Crippen molar-refractivity contribution >= 4 is 5.97 Å². The van der Waals surface area contributed by atoms with Gasteiger partial charge >= 0.3 is 5.97 Å². The number of aromatic carboxylic acids is 1. The first-order chi connectivity index (χ1) is 6.73. The van der Waals surface area contributed by atoms with E-state index < -0.39 is 17.1 Å². The average molecular weight is 210 g/mol. The van der Waals surface area contributed by atoms with E-state index in [1.54, 1.807) is 0 Å². The van der Waals surface area contributed by atoms with Gasteiger partial charge in [0.25, 0.3) is 0 Å². The maximum Gasteiger partial charge on any atom is 0.339 e. The fourth-order valence-corrected chi connectivity index (χ4v) is 1.43. The van der Waals surface area contributed by atoms with Gasteiger partial charge < -0.3 is 15.3 Å². The van der Waals surface area contributed by atoms with E-state index in [0.717, 1.165) is 6.07 Å². The summed E-state index contributed by atoms with van der Waals surface area (Å²) in [4.78, 5) is 11.0. The molecule has 4 heteroatoms. The molecular formula is C11H14O4. The smallest absolute Gasteiger partial charge is 0.339 e. The Labute approximate surface area is 87.8 Å². The highest BCUT2D eigenvalue weighted by Crippen LogP contribution is 2.34. The Hall–Kier alpha value is -1.71. The van der Waals surface area contributed by atoms with Crippen molar-refractivity contribution in [3.8, 4) is 11.5 Å². The van der Waals surface area contributed by atoms with Crippen molar-refractivity contribution in [2.75, 3.05) is 0 Å². The molecule has 3 N–H and O–H groups in total. The molecule has 0 aliphatic carbocycles. The third-order valence-corrected chi connectivity index (χ3v) is 2.12. The minimum Gasteiger partial charge on any atom is -0.508 e. The monoisotopic (exact) mass is 210 g/mol. The third-order valence-electron chi connectivity index (χ3n) is 2.12. The summed E-state index contributed by atoms with van der Waals surface area (Å²) in [6.45, 7) is 5.44. The number of phenolic OH excluding ortho intramolecular Hbond substituents is 1. The predicted octanol–water partition coefficient (Wildman–Crippen LogP) is 2.09. The lowest BCUT2D eigenvalue weighted by molar-refractivity contribution is 0.0691. The van der Waals surface area contributed by atoms with Crippen LogP contribution < -0.4 is 0 Å². The van der Waals surface area contributed by atoms with E-state index in [-0.39, 0.29) is 11.3 Å². The number of benzene rings is 1. The van der Waals surface area contributed by atoms with Crippen LogP contribution in [-0.2, 0) is 5.41 Å². The summed E-state index contributed by atoms with van der Waals surface area (Å²) in [7, 11) is 0. The molecule has 0 unspecified atom stereocenters. The summed E-state index contributed by atoms with van der Waals surface area (Å²) in [5, 5.41) is 27.7. The molecule has 82 valence electrons. The van der Waals surface area contributed by atoms with Crippen LogP contribution >= 0.6 is 0 Å². The molecule has 1 aromatic carbocycles. The van der Waals surface area contributed by atoms with Crippen LogP contribution in [0.5, 0.6) is 11.5 Å². The van der Waals surface area contributed by atoms with Crippen molar-refractivity contribution in [2.45, 2.75) is 26.2 Å². The Morgan fingerprint density at radius 2 is 1.73 bits per heavy atom. The first kappa shape index (κ1) is 11.4. The molecule has 15 heavy (non-hydrogen) atoms. The number of rotatable bonds is 1. The minimum absolute atomic E-state index is 0.137. The van der Waals surface area contributed by atoms with Crippen LogP contribution in [0.1, 0.15) is 36.7 Å². The zero-order valence-electron chi connectivity index (χ0n) is 8.90. The van der Waals surface area contributed by atoms with E-state index in [1.165, 1.54) is 6.07 Å². The Morgan fingerprint density at radius 3 is 2.13 bits per heavy atom. The topological polar surface area (TPSA) is 77.8 Å². The van der Waals surface area contributed by atoms with Gasteiger partial charge in [0.1, 0.15) is 17.1 Å². The second-order valence-corrected chi connectivity index (χ2v) is 4.44. The molecule has 0 aliphatic rings. The average Bonchev–Trinajstić information content (AvgIpc) is 1.99. The van der Waals surface area contributed by atoms with Gasteiger partial charge in [-0.1, -0.05) is 20.8 Å². The van der Waals surface area contributed by atoms with Gasteiger partial charge in [0.2, 0.25) is 0 Å². The highest BCUT2D eigenvalue weighted by molar-refractivity contribution is 5.93. The van der Waals surface area contributed by atoms with E-state index in [0.29, 0.717) is 5.56 Å². The lowest BCUT2D eigenvalue weighted by atomic mass is 9.83. The summed E-state index contributed by atoms with van der Waals surface area (Å²) in [6, 6.07) is 2.39. The highest BCUT2D eigenvalue weighted by atomic mass is 16.4. The van der Waals surface area contributed by atoms with Gasteiger partial charge in [-0.25, -0.2) is 4.79 Å². The number of aromatic hydroxyl groups is 2. The molecule has 0 saturated heterocycles. The lowest BCUT2D eigenvalue weighted by Gasteiger charge is -2.22. The zero-order valence-corrected chi connectivity index (χ0v) is 8.90. The quantitative estimate of drug-likeness (QED) is 0.663. The van der Waals surface area contributed by atoms with Crippen molar-refractivity contribution in [3.63, 3.8) is 0 Å². The summed E-state index contributed by atoms with van der Waals surface area (Å²) in [5.41, 5.74) is -0.197. The summed E-state index contributed by atoms with van der Waals surface area (Å²) < 4.78 is 0. The summed E-state index contributed by atoms with van der Waals surface area (Å²) >= 11 is 0. The number of carboxylic acids is 1. The SMILES string of the molecule is CC(C)(C)c1cc(O)cc(O)c1C(=O)O. The van der Waals surface area contributed by atoms with E-state index in [1.807, 2.05) is 20.8 Å². The van der Waals surface area contributed by atoms with Crippen LogP contribution in [0.15, 0.2) is 12.1 Å². The molecule has 0 bridgehead atoms. The van der Waals surface area contributed by atoms with Crippen molar-refractivity contribution in [2.24, 2.45) is 0 Å². The van der Waals surface area contributed by atoms with Crippen LogP contribution in [0, 0.1) is 0 Å².